The molecule has 3 heterocycles. The summed E-state index contributed by atoms with van der Waals surface area (Å²) in [7, 11) is 0. The summed E-state index contributed by atoms with van der Waals surface area (Å²) in [4.78, 5) is 5.26. The summed E-state index contributed by atoms with van der Waals surface area (Å²) in [6, 6.07) is 38.6. The van der Waals surface area contributed by atoms with Crippen molar-refractivity contribution in [2.75, 3.05) is 9.80 Å². The fraction of sp³-hybridized carbons (Fsp3) is 0.410. The van der Waals surface area contributed by atoms with Crippen molar-refractivity contribution in [1.29, 1.82) is 0 Å². The van der Waals surface area contributed by atoms with Gasteiger partial charge in [0.05, 0.1) is 11.3 Å². The van der Waals surface area contributed by atoms with Crippen LogP contribution in [-0.2, 0) is 32.5 Å². The van der Waals surface area contributed by atoms with E-state index in [9.17, 15) is 0 Å². The van der Waals surface area contributed by atoms with E-state index in [0.29, 0.717) is 0 Å². The Morgan fingerprint density at radius 2 is 0.938 bits per heavy atom. The van der Waals surface area contributed by atoms with Crippen LogP contribution in [0.5, 0.6) is 0 Å². The van der Waals surface area contributed by atoms with Crippen LogP contribution in [0.1, 0.15) is 161 Å². The quantitative estimate of drug-likeness (QED) is 0.162. The van der Waals surface area contributed by atoms with Crippen LogP contribution in [0.15, 0.2) is 101 Å². The molecule has 0 unspecified atom stereocenters. The number of anilines is 6. The lowest BCUT2D eigenvalue weighted by Crippen LogP contribution is -2.61. The lowest BCUT2D eigenvalue weighted by atomic mass is 9.35. The molecule has 3 nitrogen and oxygen atoms in total. The van der Waals surface area contributed by atoms with Gasteiger partial charge in [-0.25, -0.2) is 0 Å². The third-order valence-electron chi connectivity index (χ3n) is 17.8. The van der Waals surface area contributed by atoms with E-state index in [1.807, 2.05) is 0 Å². The summed E-state index contributed by atoms with van der Waals surface area (Å²) >= 11 is 0. The standard InChI is InChI=1S/C61H67BN2O/c1-36-28-50-53-51(29-36)64(39-19-18-37-16-14-15-17-38(37)30-39)54-41-32-44-47(61(12,13)27-24-58(44,6)7)35-52(41)65-55(54)62(53)48-33-45-46(60(10,11)26-25-59(45,8)9)34-49(48)63(50)40-20-21-42-43(31-40)57(4,5)23-22-56(42,2)3/h14-21,28-35H,22-27H2,1-13H3. The number of fused-ring (bicyclic) bond motifs is 10. The predicted octanol–water partition coefficient (Wildman–Crippen LogP) is 15.0. The number of hydrogen-bond acceptors (Lipinski definition) is 3. The Morgan fingerprint density at radius 1 is 0.446 bits per heavy atom. The Kier molecular flexibility index (Phi) is 8.26. The Hall–Kier alpha value is -5.22. The van der Waals surface area contributed by atoms with Gasteiger partial charge in [0.15, 0.2) is 0 Å². The molecule has 5 aliphatic rings. The lowest BCUT2D eigenvalue weighted by molar-refractivity contribution is 0.332. The van der Waals surface area contributed by atoms with Gasteiger partial charge < -0.3 is 14.2 Å². The molecule has 2 aliphatic heterocycles. The van der Waals surface area contributed by atoms with Crippen molar-refractivity contribution in [2.45, 2.75) is 161 Å². The van der Waals surface area contributed by atoms with Gasteiger partial charge in [0, 0.05) is 33.8 Å². The molecule has 330 valence electrons. The molecule has 0 atom stereocenters. The van der Waals surface area contributed by atoms with E-state index in [1.54, 1.807) is 0 Å². The van der Waals surface area contributed by atoms with Gasteiger partial charge in [-0.2, -0.15) is 0 Å². The first-order chi connectivity index (χ1) is 30.6. The van der Waals surface area contributed by atoms with Crippen LogP contribution in [0.25, 0.3) is 21.7 Å². The minimum absolute atomic E-state index is 0.0429. The Morgan fingerprint density at radius 3 is 1.57 bits per heavy atom. The normalized spacial score (nSPS) is 21.0. The molecule has 0 N–H and O–H groups in total. The van der Waals surface area contributed by atoms with Gasteiger partial charge in [0.25, 0.3) is 6.71 Å². The minimum Gasteiger partial charge on any atom is -0.468 e. The SMILES string of the molecule is Cc1cc2c3c(c1)N(c1ccc4ccccc4c1)c1c(oc4cc5c(cc14)C(C)(C)CCC5(C)C)B3c1cc3c(cc1N2c1ccc2c(c1)C(C)(C)CCC2(C)C)C(C)(C)CCC3(C)C. The molecular weight excluding hydrogens is 787 g/mol. The molecule has 0 fully saturated rings. The van der Waals surface area contributed by atoms with Crippen molar-refractivity contribution < 1.29 is 4.42 Å². The summed E-state index contributed by atoms with van der Waals surface area (Å²) < 4.78 is 7.64. The van der Waals surface area contributed by atoms with Crippen LogP contribution >= 0.6 is 0 Å². The van der Waals surface area contributed by atoms with Crippen molar-refractivity contribution in [3.63, 3.8) is 0 Å². The molecule has 0 saturated carbocycles. The maximum absolute atomic E-state index is 7.64. The highest BCUT2D eigenvalue weighted by atomic mass is 16.3. The van der Waals surface area contributed by atoms with Crippen LogP contribution in [0, 0.1) is 6.92 Å². The Bertz CT molecular complexity index is 3210. The molecule has 65 heavy (non-hydrogen) atoms. The van der Waals surface area contributed by atoms with Gasteiger partial charge in [-0.05, 0) is 193 Å². The van der Waals surface area contributed by atoms with Gasteiger partial charge >= 0.3 is 0 Å². The second kappa shape index (κ2) is 13.0. The average Bonchev–Trinajstić information content (AvgIpc) is 3.63. The summed E-state index contributed by atoms with van der Waals surface area (Å²) in [5.41, 5.74) is 22.7. The van der Waals surface area contributed by atoms with Crippen LogP contribution in [0.4, 0.5) is 34.1 Å². The summed E-state index contributed by atoms with van der Waals surface area (Å²) in [6.45, 7) is 31.7. The molecule has 6 aromatic carbocycles. The van der Waals surface area contributed by atoms with Gasteiger partial charge in [-0.15, -0.1) is 0 Å². The second-order valence-electron chi connectivity index (χ2n) is 25.1. The highest BCUT2D eigenvalue weighted by Crippen LogP contribution is 2.55. The number of benzene rings is 6. The third-order valence-corrected chi connectivity index (χ3v) is 17.8. The Labute approximate surface area is 388 Å². The first-order valence-electron chi connectivity index (χ1n) is 24.8. The van der Waals surface area contributed by atoms with E-state index in [0.717, 1.165) is 17.7 Å². The lowest BCUT2D eigenvalue weighted by Gasteiger charge is -2.47. The number of furan rings is 1. The smallest absolute Gasteiger partial charge is 0.297 e. The maximum atomic E-state index is 7.64. The molecule has 7 aromatic rings. The van der Waals surface area contributed by atoms with Gasteiger partial charge in [0.1, 0.15) is 5.58 Å². The van der Waals surface area contributed by atoms with E-state index in [4.69, 9.17) is 4.42 Å². The highest BCUT2D eigenvalue weighted by Gasteiger charge is 2.50. The van der Waals surface area contributed by atoms with Gasteiger partial charge in [0.2, 0.25) is 0 Å². The summed E-state index contributed by atoms with van der Waals surface area (Å²) in [5.74, 6) is 0. The molecular formula is C61H67BN2O. The number of nitrogens with zero attached hydrogens (tertiary/aromatic N) is 2. The van der Waals surface area contributed by atoms with E-state index >= 15 is 0 Å². The van der Waals surface area contributed by atoms with Crippen LogP contribution in [0.3, 0.4) is 0 Å². The molecule has 0 saturated heterocycles. The van der Waals surface area contributed by atoms with E-state index in [2.05, 4.69) is 197 Å². The fourth-order valence-electron chi connectivity index (χ4n) is 13.3. The summed E-state index contributed by atoms with van der Waals surface area (Å²) in [6.07, 6.45) is 7.04. The average molecular weight is 855 g/mol. The molecule has 3 aliphatic carbocycles. The molecule has 12 rings (SSSR count). The fourth-order valence-corrected chi connectivity index (χ4v) is 13.3. The van der Waals surface area contributed by atoms with Crippen molar-refractivity contribution in [3.8, 4) is 0 Å². The molecule has 0 bridgehead atoms. The first kappa shape index (κ1) is 41.2. The van der Waals surface area contributed by atoms with Gasteiger partial charge in [-0.3, -0.25) is 0 Å². The van der Waals surface area contributed by atoms with Crippen molar-refractivity contribution >= 4 is 79.2 Å². The summed E-state index contributed by atoms with van der Waals surface area (Å²) in [5, 5.41) is 3.71. The Balaban J connectivity index is 1.22. The minimum atomic E-state index is -0.0943. The van der Waals surface area contributed by atoms with Crippen molar-refractivity contribution in [1.82, 2.24) is 0 Å². The monoisotopic (exact) mass is 855 g/mol. The van der Waals surface area contributed by atoms with E-state index in [-0.39, 0.29) is 39.2 Å². The van der Waals surface area contributed by atoms with Crippen molar-refractivity contribution in [2.24, 2.45) is 0 Å². The highest BCUT2D eigenvalue weighted by molar-refractivity contribution is 7.00. The van der Waals surface area contributed by atoms with Crippen LogP contribution in [-0.4, -0.2) is 6.71 Å². The predicted molar refractivity (Wildman–Crippen MR) is 278 cm³/mol. The number of hydrogen-bond donors (Lipinski definition) is 0. The number of aryl methyl sites for hydroxylation is 1. The molecule has 4 heteroatoms. The van der Waals surface area contributed by atoms with E-state index in [1.165, 1.54) is 132 Å². The molecule has 0 radical (unpaired) electrons. The zero-order valence-electron chi connectivity index (χ0n) is 41.4. The zero-order valence-corrected chi connectivity index (χ0v) is 41.4. The second-order valence-corrected chi connectivity index (χ2v) is 25.1. The largest absolute Gasteiger partial charge is 0.468 e. The first-order valence-corrected chi connectivity index (χ1v) is 24.8. The maximum Gasteiger partial charge on any atom is 0.297 e. The zero-order chi connectivity index (χ0) is 45.5. The molecule has 0 amide bonds. The molecule has 0 spiro atoms. The third kappa shape index (κ3) is 5.80. The van der Waals surface area contributed by atoms with E-state index < -0.39 is 0 Å². The number of rotatable bonds is 2. The van der Waals surface area contributed by atoms with Crippen LogP contribution in [0.2, 0.25) is 0 Å². The van der Waals surface area contributed by atoms with Crippen molar-refractivity contribution in [3.05, 3.63) is 136 Å². The van der Waals surface area contributed by atoms with Crippen LogP contribution < -0.4 is 26.4 Å². The topological polar surface area (TPSA) is 19.6 Å². The molecule has 1 aromatic heterocycles. The van der Waals surface area contributed by atoms with Gasteiger partial charge in [-0.1, -0.05) is 126 Å².